The second kappa shape index (κ2) is 4.93. The molecule has 0 aliphatic carbocycles. The summed E-state index contributed by atoms with van der Waals surface area (Å²) in [6.45, 7) is 1.96. The van der Waals surface area contributed by atoms with Gasteiger partial charge in [0.25, 0.3) is 0 Å². The SMILES string of the molecule is Cc1nn(C)cc1-c1nn(C)c(N)c1-c1cccc(Cl)c1. The largest absolute Gasteiger partial charge is 0.383 e. The van der Waals surface area contributed by atoms with Gasteiger partial charge in [0.2, 0.25) is 0 Å². The lowest BCUT2D eigenvalue weighted by atomic mass is 10.0. The highest BCUT2D eigenvalue weighted by molar-refractivity contribution is 6.30. The Labute approximate surface area is 127 Å². The topological polar surface area (TPSA) is 61.7 Å². The third kappa shape index (κ3) is 2.29. The number of rotatable bonds is 2. The minimum atomic E-state index is 0.607. The number of hydrogen-bond acceptors (Lipinski definition) is 3. The average molecular weight is 302 g/mol. The van der Waals surface area contributed by atoms with Gasteiger partial charge in [-0.15, -0.1) is 0 Å². The van der Waals surface area contributed by atoms with Gasteiger partial charge in [-0.3, -0.25) is 9.36 Å². The summed E-state index contributed by atoms with van der Waals surface area (Å²) in [5.74, 6) is 0.607. The Morgan fingerprint density at radius 3 is 2.57 bits per heavy atom. The molecule has 0 atom stereocenters. The summed E-state index contributed by atoms with van der Waals surface area (Å²) in [7, 11) is 3.72. The fourth-order valence-corrected chi connectivity index (χ4v) is 2.68. The van der Waals surface area contributed by atoms with Crippen molar-refractivity contribution in [3.63, 3.8) is 0 Å². The molecule has 5 nitrogen and oxygen atoms in total. The molecule has 1 aromatic carbocycles. The molecule has 0 unspecified atom stereocenters. The highest BCUT2D eigenvalue weighted by atomic mass is 35.5. The molecule has 0 radical (unpaired) electrons. The Balaban J connectivity index is 2.28. The lowest BCUT2D eigenvalue weighted by molar-refractivity contribution is 0.756. The standard InChI is InChI=1S/C15H16ClN5/c1-9-12(8-20(2)18-9)14-13(15(17)21(3)19-14)10-5-4-6-11(16)7-10/h4-8H,17H2,1-3H3. The van der Waals surface area contributed by atoms with E-state index in [2.05, 4.69) is 10.2 Å². The van der Waals surface area contributed by atoms with Crippen molar-refractivity contribution in [3.05, 3.63) is 41.2 Å². The van der Waals surface area contributed by atoms with Crippen molar-refractivity contribution in [3.8, 4) is 22.4 Å². The number of nitrogens with two attached hydrogens (primary N) is 1. The van der Waals surface area contributed by atoms with E-state index in [1.54, 1.807) is 9.36 Å². The minimum absolute atomic E-state index is 0.607. The number of halogens is 1. The molecular formula is C15H16ClN5. The van der Waals surface area contributed by atoms with E-state index in [1.807, 2.05) is 51.5 Å². The molecule has 108 valence electrons. The normalized spacial score (nSPS) is 11.0. The van der Waals surface area contributed by atoms with Crippen molar-refractivity contribution in [2.75, 3.05) is 5.73 Å². The maximum atomic E-state index is 6.21. The Kier molecular flexibility index (Phi) is 3.22. The van der Waals surface area contributed by atoms with E-state index in [1.165, 1.54) is 0 Å². The minimum Gasteiger partial charge on any atom is -0.383 e. The number of aryl methyl sites for hydroxylation is 3. The molecule has 2 aromatic heterocycles. The van der Waals surface area contributed by atoms with Crippen LogP contribution in [0.4, 0.5) is 5.82 Å². The summed E-state index contributed by atoms with van der Waals surface area (Å²) >= 11 is 6.10. The number of anilines is 1. The van der Waals surface area contributed by atoms with Gasteiger partial charge in [0.05, 0.1) is 11.3 Å². The molecule has 0 amide bonds. The molecule has 0 aliphatic heterocycles. The van der Waals surface area contributed by atoms with Gasteiger partial charge in [0.1, 0.15) is 11.5 Å². The van der Waals surface area contributed by atoms with Crippen LogP contribution in [0.2, 0.25) is 5.02 Å². The van der Waals surface area contributed by atoms with Crippen LogP contribution in [0, 0.1) is 6.92 Å². The predicted octanol–water partition coefficient (Wildman–Crippen LogP) is 3.03. The first kappa shape index (κ1) is 13.7. The summed E-state index contributed by atoms with van der Waals surface area (Å²) < 4.78 is 3.45. The van der Waals surface area contributed by atoms with Gasteiger partial charge in [-0.25, -0.2) is 0 Å². The maximum Gasteiger partial charge on any atom is 0.129 e. The van der Waals surface area contributed by atoms with E-state index in [0.29, 0.717) is 10.8 Å². The second-order valence-corrected chi connectivity index (χ2v) is 5.48. The van der Waals surface area contributed by atoms with E-state index in [4.69, 9.17) is 17.3 Å². The van der Waals surface area contributed by atoms with Crippen LogP contribution in [0.3, 0.4) is 0 Å². The van der Waals surface area contributed by atoms with Gasteiger partial charge < -0.3 is 5.73 Å². The maximum absolute atomic E-state index is 6.21. The van der Waals surface area contributed by atoms with Gasteiger partial charge >= 0.3 is 0 Å². The first-order valence-electron chi connectivity index (χ1n) is 6.56. The molecule has 2 heterocycles. The predicted molar refractivity (Wildman–Crippen MR) is 85.0 cm³/mol. The zero-order chi connectivity index (χ0) is 15.1. The van der Waals surface area contributed by atoms with Gasteiger partial charge in [0.15, 0.2) is 0 Å². The molecule has 21 heavy (non-hydrogen) atoms. The van der Waals surface area contributed by atoms with Crippen LogP contribution in [0.5, 0.6) is 0 Å². The van der Waals surface area contributed by atoms with E-state index in [-0.39, 0.29) is 0 Å². The monoisotopic (exact) mass is 301 g/mol. The Hall–Kier alpha value is -2.27. The quantitative estimate of drug-likeness (QED) is 0.791. The molecule has 0 spiro atoms. The zero-order valence-electron chi connectivity index (χ0n) is 12.1. The Bertz CT molecular complexity index is 816. The van der Waals surface area contributed by atoms with E-state index < -0.39 is 0 Å². The van der Waals surface area contributed by atoms with Gasteiger partial charge in [-0.05, 0) is 24.6 Å². The molecule has 2 N–H and O–H groups in total. The van der Waals surface area contributed by atoms with E-state index >= 15 is 0 Å². The van der Waals surface area contributed by atoms with Crippen LogP contribution in [0.15, 0.2) is 30.5 Å². The van der Waals surface area contributed by atoms with Crippen molar-refractivity contribution in [1.82, 2.24) is 19.6 Å². The molecule has 3 rings (SSSR count). The van der Waals surface area contributed by atoms with Crippen molar-refractivity contribution >= 4 is 17.4 Å². The third-order valence-electron chi connectivity index (χ3n) is 3.47. The molecule has 0 saturated heterocycles. The first-order valence-corrected chi connectivity index (χ1v) is 6.94. The van der Waals surface area contributed by atoms with Crippen molar-refractivity contribution in [2.24, 2.45) is 14.1 Å². The van der Waals surface area contributed by atoms with E-state index in [9.17, 15) is 0 Å². The van der Waals surface area contributed by atoms with Crippen molar-refractivity contribution in [1.29, 1.82) is 0 Å². The molecule has 0 fully saturated rings. The van der Waals surface area contributed by atoms with Crippen LogP contribution in [-0.2, 0) is 14.1 Å². The smallest absolute Gasteiger partial charge is 0.129 e. The number of aromatic nitrogens is 4. The van der Waals surface area contributed by atoms with E-state index in [0.717, 1.165) is 28.1 Å². The summed E-state index contributed by atoms with van der Waals surface area (Å²) in [5.41, 5.74) is 10.8. The summed E-state index contributed by atoms with van der Waals surface area (Å²) in [4.78, 5) is 0. The lowest BCUT2D eigenvalue weighted by Crippen LogP contribution is -1.97. The molecule has 0 bridgehead atoms. The molecular weight excluding hydrogens is 286 g/mol. The number of benzene rings is 1. The summed E-state index contributed by atoms with van der Waals surface area (Å²) in [6, 6.07) is 7.62. The summed E-state index contributed by atoms with van der Waals surface area (Å²) in [5, 5.41) is 9.61. The Morgan fingerprint density at radius 1 is 1.19 bits per heavy atom. The van der Waals surface area contributed by atoms with Crippen LogP contribution >= 0.6 is 11.6 Å². The average Bonchev–Trinajstić information content (AvgIpc) is 2.90. The first-order chi connectivity index (χ1) is 9.97. The Morgan fingerprint density at radius 2 is 1.95 bits per heavy atom. The van der Waals surface area contributed by atoms with Crippen LogP contribution in [0.1, 0.15) is 5.69 Å². The van der Waals surface area contributed by atoms with Crippen molar-refractivity contribution in [2.45, 2.75) is 6.92 Å². The van der Waals surface area contributed by atoms with Crippen LogP contribution in [-0.4, -0.2) is 19.6 Å². The fraction of sp³-hybridized carbons (Fsp3) is 0.200. The molecule has 3 aromatic rings. The third-order valence-corrected chi connectivity index (χ3v) is 3.71. The molecule has 6 heteroatoms. The lowest BCUT2D eigenvalue weighted by Gasteiger charge is -2.04. The number of nitrogens with zero attached hydrogens (tertiary/aromatic N) is 4. The number of nitrogen functional groups attached to an aromatic ring is 1. The van der Waals surface area contributed by atoms with Gasteiger partial charge in [-0.2, -0.15) is 10.2 Å². The second-order valence-electron chi connectivity index (χ2n) is 5.04. The van der Waals surface area contributed by atoms with Gasteiger partial charge in [-0.1, -0.05) is 23.7 Å². The van der Waals surface area contributed by atoms with Crippen molar-refractivity contribution < 1.29 is 0 Å². The highest BCUT2D eigenvalue weighted by Crippen LogP contribution is 2.37. The zero-order valence-corrected chi connectivity index (χ0v) is 12.9. The van der Waals surface area contributed by atoms with Crippen LogP contribution in [0.25, 0.3) is 22.4 Å². The van der Waals surface area contributed by atoms with Gasteiger partial charge in [0, 0.05) is 30.9 Å². The van der Waals surface area contributed by atoms with Crippen LogP contribution < -0.4 is 5.73 Å². The highest BCUT2D eigenvalue weighted by Gasteiger charge is 2.20. The molecule has 0 saturated carbocycles. The fourth-order valence-electron chi connectivity index (χ4n) is 2.49. The number of hydrogen-bond donors (Lipinski definition) is 1. The summed E-state index contributed by atoms with van der Waals surface area (Å²) in [6.07, 6.45) is 1.95. The molecule has 0 aliphatic rings.